The van der Waals surface area contributed by atoms with E-state index in [0.717, 1.165) is 44.9 Å². The van der Waals surface area contributed by atoms with Gasteiger partial charge in [0, 0.05) is 32.0 Å². The number of pyridine rings is 1. The molecule has 0 aliphatic rings. The van der Waals surface area contributed by atoms with E-state index in [9.17, 15) is 5.11 Å². The Morgan fingerprint density at radius 3 is 2.20 bits per heavy atom. The zero-order valence-corrected chi connectivity index (χ0v) is 28.6. The number of imidazole rings is 1. The quantitative estimate of drug-likeness (QED) is 0.182. The molecule has 0 atom stereocenters. The van der Waals surface area contributed by atoms with Gasteiger partial charge in [0.2, 0.25) is 0 Å². The second kappa shape index (κ2) is 13.6. The Hall–Kier alpha value is -4.57. The summed E-state index contributed by atoms with van der Waals surface area (Å²) in [5.74, 6) is 1.51. The molecule has 7 rings (SSSR count). The normalized spacial score (nSPS) is 10.9. The number of benzene rings is 5. The standard InChI is InChI=1S/C21H22N.C19H14N2O.Ir/c1-13(2)18-6-7-20-19(16(18)5)8-9-22-21(20)17-11-14(3)10-15(4)12-17;22-18-13-7-4-10-15(18)19-20-16-11-5-6-12-17(16)21(19)14-8-2-1-3-9-14;/h6-11,13H,1-5H3;1-13,22H;/q-1;;. The molecule has 5 heteroatoms. The van der Waals surface area contributed by atoms with Gasteiger partial charge in [-0.25, -0.2) is 4.98 Å². The number of hydrogen-bond donors (Lipinski definition) is 1. The number of fused-ring (bicyclic) bond motifs is 2. The van der Waals surface area contributed by atoms with Crippen LogP contribution in [0.25, 0.3) is 50.1 Å². The van der Waals surface area contributed by atoms with Crippen molar-refractivity contribution < 1.29 is 25.2 Å². The maximum Gasteiger partial charge on any atom is 0.149 e. The molecular weight excluding hydrogens is 731 g/mol. The van der Waals surface area contributed by atoms with Crippen LogP contribution in [0.3, 0.4) is 0 Å². The van der Waals surface area contributed by atoms with Gasteiger partial charge in [-0.1, -0.05) is 82.3 Å². The van der Waals surface area contributed by atoms with E-state index in [4.69, 9.17) is 4.98 Å². The Morgan fingerprint density at radius 2 is 1.47 bits per heavy atom. The predicted molar refractivity (Wildman–Crippen MR) is 182 cm³/mol. The number of hydrogen-bond acceptors (Lipinski definition) is 3. The molecule has 0 fully saturated rings. The van der Waals surface area contributed by atoms with E-state index in [0.29, 0.717) is 5.92 Å². The molecule has 0 amide bonds. The predicted octanol–water partition coefficient (Wildman–Crippen LogP) is 10.1. The summed E-state index contributed by atoms with van der Waals surface area (Å²) in [7, 11) is 0. The van der Waals surface area contributed by atoms with Gasteiger partial charge in [0.05, 0.1) is 16.6 Å². The summed E-state index contributed by atoms with van der Waals surface area (Å²) in [4.78, 5) is 9.37. The van der Waals surface area contributed by atoms with Gasteiger partial charge in [0.25, 0.3) is 0 Å². The molecular formula is C40H36IrN3O-. The van der Waals surface area contributed by atoms with Gasteiger partial charge < -0.3 is 10.1 Å². The molecule has 0 aliphatic heterocycles. The van der Waals surface area contributed by atoms with Crippen molar-refractivity contribution in [2.75, 3.05) is 0 Å². The molecule has 0 spiro atoms. The molecule has 2 aromatic heterocycles. The Balaban J connectivity index is 0.000000174. The summed E-state index contributed by atoms with van der Waals surface area (Å²) >= 11 is 0. The first kappa shape index (κ1) is 31.8. The van der Waals surface area contributed by atoms with Gasteiger partial charge >= 0.3 is 0 Å². The Bertz CT molecular complexity index is 2080. The molecule has 7 aromatic rings. The zero-order chi connectivity index (χ0) is 30.8. The van der Waals surface area contributed by atoms with E-state index in [-0.39, 0.29) is 25.9 Å². The van der Waals surface area contributed by atoms with E-state index < -0.39 is 0 Å². The molecule has 0 aliphatic carbocycles. The van der Waals surface area contributed by atoms with Crippen molar-refractivity contribution in [1.29, 1.82) is 0 Å². The summed E-state index contributed by atoms with van der Waals surface area (Å²) in [5.41, 5.74) is 11.0. The molecule has 0 saturated heterocycles. The number of aromatic nitrogens is 3. The molecule has 0 bridgehead atoms. The summed E-state index contributed by atoms with van der Waals surface area (Å²) in [6.07, 6.45) is 1.92. The van der Waals surface area contributed by atoms with E-state index in [1.165, 1.54) is 27.5 Å². The first-order valence-corrected chi connectivity index (χ1v) is 15.0. The Labute approximate surface area is 278 Å². The average Bonchev–Trinajstić information content (AvgIpc) is 3.41. The number of aromatic hydroxyl groups is 1. The van der Waals surface area contributed by atoms with E-state index in [1.54, 1.807) is 6.07 Å². The topological polar surface area (TPSA) is 50.9 Å². The van der Waals surface area contributed by atoms with E-state index in [2.05, 4.69) is 80.6 Å². The van der Waals surface area contributed by atoms with Gasteiger partial charge in [-0.15, -0.1) is 34.9 Å². The molecule has 5 aromatic carbocycles. The summed E-state index contributed by atoms with van der Waals surface area (Å²) in [6.45, 7) is 10.9. The van der Waals surface area contributed by atoms with Crippen LogP contribution in [0.4, 0.5) is 0 Å². The van der Waals surface area contributed by atoms with E-state index in [1.807, 2.05) is 79.0 Å². The van der Waals surface area contributed by atoms with Crippen LogP contribution in [0.1, 0.15) is 42.0 Å². The van der Waals surface area contributed by atoms with Crippen molar-refractivity contribution in [3.05, 3.63) is 144 Å². The molecule has 2 heterocycles. The first-order valence-electron chi connectivity index (χ1n) is 15.0. The number of rotatable bonds is 4. The summed E-state index contributed by atoms with van der Waals surface area (Å²) in [6, 6.07) is 39.7. The molecule has 227 valence electrons. The van der Waals surface area contributed by atoms with Crippen LogP contribution in [-0.4, -0.2) is 19.6 Å². The van der Waals surface area contributed by atoms with Crippen molar-refractivity contribution in [2.24, 2.45) is 0 Å². The molecule has 1 N–H and O–H groups in total. The van der Waals surface area contributed by atoms with Crippen LogP contribution in [0.5, 0.6) is 5.75 Å². The molecule has 0 saturated carbocycles. The minimum Gasteiger partial charge on any atom is -0.507 e. The maximum atomic E-state index is 10.2. The van der Waals surface area contributed by atoms with Gasteiger partial charge in [-0.3, -0.25) is 4.57 Å². The van der Waals surface area contributed by atoms with Gasteiger partial charge in [0.1, 0.15) is 11.6 Å². The minimum atomic E-state index is 0. The Morgan fingerprint density at radius 1 is 0.756 bits per heavy atom. The smallest absolute Gasteiger partial charge is 0.149 e. The summed E-state index contributed by atoms with van der Waals surface area (Å²) < 4.78 is 2.07. The van der Waals surface area contributed by atoms with Crippen LogP contribution < -0.4 is 0 Å². The minimum absolute atomic E-state index is 0. The fourth-order valence-electron chi connectivity index (χ4n) is 5.99. The molecule has 4 nitrogen and oxygen atoms in total. The van der Waals surface area contributed by atoms with Crippen molar-refractivity contribution in [3.63, 3.8) is 0 Å². The number of phenols is 1. The Kier molecular flexibility index (Phi) is 9.62. The summed E-state index contributed by atoms with van der Waals surface area (Å²) in [5, 5.41) is 12.7. The largest absolute Gasteiger partial charge is 0.507 e. The third-order valence-electron chi connectivity index (χ3n) is 8.00. The zero-order valence-electron chi connectivity index (χ0n) is 26.2. The molecule has 0 unspecified atom stereocenters. The van der Waals surface area contributed by atoms with Crippen molar-refractivity contribution in [2.45, 2.75) is 40.5 Å². The van der Waals surface area contributed by atoms with Gasteiger partial charge in [0.15, 0.2) is 0 Å². The monoisotopic (exact) mass is 767 g/mol. The third kappa shape index (κ3) is 6.47. The fourth-order valence-corrected chi connectivity index (χ4v) is 5.99. The maximum absolute atomic E-state index is 10.2. The third-order valence-corrected chi connectivity index (χ3v) is 8.00. The van der Waals surface area contributed by atoms with Gasteiger partial charge in [-0.2, -0.15) is 0 Å². The van der Waals surface area contributed by atoms with Crippen LogP contribution in [0, 0.1) is 26.8 Å². The SMILES string of the molecule is Cc1[c-]c(-c2nccc3c(C)c(C(C)C)ccc23)cc(C)c1.Oc1ccccc1-c1nc2ccccc2n1-c1ccccc1.[Ir]. The van der Waals surface area contributed by atoms with Crippen LogP contribution >= 0.6 is 0 Å². The number of nitrogens with zero attached hydrogens (tertiary/aromatic N) is 3. The van der Waals surface area contributed by atoms with Crippen LogP contribution in [0.2, 0.25) is 0 Å². The first-order chi connectivity index (χ1) is 21.3. The number of para-hydroxylation sites is 4. The van der Waals surface area contributed by atoms with E-state index >= 15 is 0 Å². The van der Waals surface area contributed by atoms with Crippen LogP contribution in [-0.2, 0) is 20.1 Å². The second-order valence-electron chi connectivity index (χ2n) is 11.6. The molecule has 45 heavy (non-hydrogen) atoms. The van der Waals surface area contributed by atoms with Gasteiger partial charge in [-0.05, 0) is 82.9 Å². The van der Waals surface area contributed by atoms with Crippen LogP contribution in [0.15, 0.2) is 115 Å². The number of phenolic OH excluding ortho intramolecular Hbond substituents is 1. The second-order valence-corrected chi connectivity index (χ2v) is 11.6. The van der Waals surface area contributed by atoms with Crippen molar-refractivity contribution >= 4 is 21.8 Å². The fraction of sp³-hybridized carbons (Fsp3) is 0.150. The average molecular weight is 767 g/mol. The molecule has 1 radical (unpaired) electrons. The van der Waals surface area contributed by atoms with Crippen molar-refractivity contribution in [1.82, 2.24) is 14.5 Å². The van der Waals surface area contributed by atoms with Crippen molar-refractivity contribution in [3.8, 4) is 34.1 Å². The number of aryl methyl sites for hydroxylation is 3.